The van der Waals surface area contributed by atoms with E-state index in [1.807, 2.05) is 19.2 Å². The van der Waals surface area contributed by atoms with Gasteiger partial charge in [-0.3, -0.25) is 9.78 Å². The molecule has 0 spiro atoms. The first-order valence-electron chi connectivity index (χ1n) is 10.0. The molecule has 4 heteroatoms. The summed E-state index contributed by atoms with van der Waals surface area (Å²) in [5.74, 6) is 0.219. The minimum absolute atomic E-state index is 0.0945. The average Bonchev–Trinajstić information content (AvgIpc) is 2.74. The summed E-state index contributed by atoms with van der Waals surface area (Å²) in [5.41, 5.74) is 2.67. The largest absolute Gasteiger partial charge is 0.323 e. The number of amides is 1. The third kappa shape index (κ3) is 3.77. The number of nitrogens with zero attached hydrogens (tertiary/aromatic N) is 1. The molecule has 0 bridgehead atoms. The lowest BCUT2D eigenvalue weighted by atomic mass is 9.73. The summed E-state index contributed by atoms with van der Waals surface area (Å²) < 4.78 is 13.8. The van der Waals surface area contributed by atoms with Crippen LogP contribution in [0.1, 0.15) is 44.1 Å². The van der Waals surface area contributed by atoms with Gasteiger partial charge in [0, 0.05) is 17.5 Å². The average molecular weight is 376 g/mol. The molecule has 0 saturated heterocycles. The third-order valence-electron chi connectivity index (χ3n) is 6.15. The zero-order valence-corrected chi connectivity index (χ0v) is 16.1. The molecular formula is C24H25FN2O. The highest BCUT2D eigenvalue weighted by atomic mass is 19.1. The molecule has 1 N–H and O–H groups in total. The summed E-state index contributed by atoms with van der Waals surface area (Å²) in [6, 6.07) is 16.7. The van der Waals surface area contributed by atoms with Gasteiger partial charge in [0.2, 0.25) is 5.91 Å². The number of pyridine rings is 1. The number of anilines is 1. The number of benzene rings is 2. The SMILES string of the molecule is C[C@@H](C(=O)Nc1ccccc1F)[C@H]1CC[C@H](c2ccnc3ccccc32)CC1. The highest BCUT2D eigenvalue weighted by Crippen LogP contribution is 2.40. The molecule has 3 nitrogen and oxygen atoms in total. The molecule has 1 amide bonds. The lowest BCUT2D eigenvalue weighted by Crippen LogP contribution is -2.29. The van der Waals surface area contributed by atoms with Crippen molar-refractivity contribution in [2.75, 3.05) is 5.32 Å². The summed E-state index contributed by atoms with van der Waals surface area (Å²) >= 11 is 0. The van der Waals surface area contributed by atoms with E-state index in [1.165, 1.54) is 17.0 Å². The summed E-state index contributed by atoms with van der Waals surface area (Å²) in [6.07, 6.45) is 6.04. The maximum absolute atomic E-state index is 13.8. The lowest BCUT2D eigenvalue weighted by Gasteiger charge is -2.32. The van der Waals surface area contributed by atoms with Crippen LogP contribution in [-0.4, -0.2) is 10.9 Å². The van der Waals surface area contributed by atoms with Gasteiger partial charge < -0.3 is 5.32 Å². The molecule has 1 atom stereocenters. The fraction of sp³-hybridized carbons (Fsp3) is 0.333. The van der Waals surface area contributed by atoms with Crippen molar-refractivity contribution in [2.45, 2.75) is 38.5 Å². The number of nitrogens with one attached hydrogen (secondary N) is 1. The molecule has 1 saturated carbocycles. The van der Waals surface area contributed by atoms with Crippen molar-refractivity contribution in [3.05, 3.63) is 72.2 Å². The topological polar surface area (TPSA) is 42.0 Å². The first kappa shape index (κ1) is 18.6. The van der Waals surface area contributed by atoms with Gasteiger partial charge in [-0.15, -0.1) is 0 Å². The number of hydrogen-bond acceptors (Lipinski definition) is 2. The van der Waals surface area contributed by atoms with Crippen LogP contribution in [-0.2, 0) is 4.79 Å². The number of fused-ring (bicyclic) bond motifs is 1. The maximum Gasteiger partial charge on any atom is 0.227 e. The van der Waals surface area contributed by atoms with Crippen molar-refractivity contribution in [2.24, 2.45) is 11.8 Å². The molecular weight excluding hydrogens is 351 g/mol. The molecule has 0 unspecified atom stereocenters. The molecule has 4 rings (SSSR count). The van der Waals surface area contributed by atoms with Crippen molar-refractivity contribution >= 4 is 22.5 Å². The van der Waals surface area contributed by atoms with E-state index in [0.717, 1.165) is 31.2 Å². The van der Waals surface area contributed by atoms with E-state index in [-0.39, 0.29) is 17.5 Å². The van der Waals surface area contributed by atoms with Gasteiger partial charge >= 0.3 is 0 Å². The Hall–Kier alpha value is -2.75. The van der Waals surface area contributed by atoms with Crippen LogP contribution in [0, 0.1) is 17.7 Å². The molecule has 1 fully saturated rings. The first-order valence-corrected chi connectivity index (χ1v) is 10.0. The van der Waals surface area contributed by atoms with Gasteiger partial charge in [0.25, 0.3) is 0 Å². The minimum atomic E-state index is -0.392. The number of carbonyl (C=O) groups excluding carboxylic acids is 1. The quantitative estimate of drug-likeness (QED) is 0.614. The highest BCUT2D eigenvalue weighted by Gasteiger charge is 2.30. The van der Waals surface area contributed by atoms with E-state index in [4.69, 9.17) is 0 Å². The Labute approximate surface area is 165 Å². The molecule has 0 aliphatic heterocycles. The van der Waals surface area contributed by atoms with Gasteiger partial charge in [-0.1, -0.05) is 37.3 Å². The highest BCUT2D eigenvalue weighted by molar-refractivity contribution is 5.92. The van der Waals surface area contributed by atoms with Crippen LogP contribution in [0.15, 0.2) is 60.8 Å². The monoisotopic (exact) mass is 376 g/mol. The summed E-state index contributed by atoms with van der Waals surface area (Å²) in [5, 5.41) is 3.99. The number of aromatic nitrogens is 1. The van der Waals surface area contributed by atoms with Gasteiger partial charge in [0.05, 0.1) is 11.2 Å². The molecule has 0 radical (unpaired) electrons. The number of carbonyl (C=O) groups is 1. The van der Waals surface area contributed by atoms with Gasteiger partial charge in [-0.2, -0.15) is 0 Å². The van der Waals surface area contributed by atoms with Crippen LogP contribution in [0.4, 0.5) is 10.1 Å². The zero-order chi connectivity index (χ0) is 19.5. The molecule has 28 heavy (non-hydrogen) atoms. The number of hydrogen-bond donors (Lipinski definition) is 1. The zero-order valence-electron chi connectivity index (χ0n) is 16.1. The predicted molar refractivity (Wildman–Crippen MR) is 111 cm³/mol. The van der Waals surface area contributed by atoms with Gasteiger partial charge in [-0.25, -0.2) is 4.39 Å². The summed E-state index contributed by atoms with van der Waals surface area (Å²) in [6.45, 7) is 1.96. The van der Waals surface area contributed by atoms with E-state index >= 15 is 0 Å². The van der Waals surface area contributed by atoms with Crippen molar-refractivity contribution in [1.82, 2.24) is 4.98 Å². The Kier molecular flexibility index (Phi) is 5.38. The molecule has 1 aromatic heterocycles. The Morgan fingerprint density at radius 3 is 2.54 bits per heavy atom. The van der Waals surface area contributed by atoms with Crippen LogP contribution >= 0.6 is 0 Å². The third-order valence-corrected chi connectivity index (χ3v) is 6.15. The van der Waals surface area contributed by atoms with Gasteiger partial charge in [0.15, 0.2) is 0 Å². The standard InChI is InChI=1S/C24H25FN2O/c1-16(24(28)27-23-9-5-3-7-21(23)25)17-10-12-18(13-11-17)19-14-15-26-22-8-4-2-6-20(19)22/h2-9,14-18H,10-13H2,1H3,(H,27,28)/t16-,17-,18-/m1/s1. The van der Waals surface area contributed by atoms with Crippen LogP contribution < -0.4 is 5.32 Å². The Morgan fingerprint density at radius 2 is 1.75 bits per heavy atom. The molecule has 1 aliphatic carbocycles. The van der Waals surface area contributed by atoms with Crippen LogP contribution in [0.25, 0.3) is 10.9 Å². The van der Waals surface area contributed by atoms with Crippen LogP contribution in [0.2, 0.25) is 0 Å². The fourth-order valence-corrected chi connectivity index (χ4v) is 4.43. The van der Waals surface area contributed by atoms with E-state index in [9.17, 15) is 9.18 Å². The van der Waals surface area contributed by atoms with E-state index < -0.39 is 5.82 Å². The fourth-order valence-electron chi connectivity index (χ4n) is 4.43. The Morgan fingerprint density at radius 1 is 1.04 bits per heavy atom. The minimum Gasteiger partial charge on any atom is -0.323 e. The number of rotatable bonds is 4. The normalized spacial score (nSPS) is 20.6. The van der Waals surface area contributed by atoms with Crippen molar-refractivity contribution in [3.63, 3.8) is 0 Å². The number of halogens is 1. The van der Waals surface area contributed by atoms with Crippen molar-refractivity contribution < 1.29 is 9.18 Å². The molecule has 1 heterocycles. The van der Waals surface area contributed by atoms with Gasteiger partial charge in [0.1, 0.15) is 5.82 Å². The van der Waals surface area contributed by atoms with Crippen molar-refractivity contribution in [3.8, 4) is 0 Å². The second kappa shape index (κ2) is 8.09. The lowest BCUT2D eigenvalue weighted by molar-refractivity contribution is -0.121. The Balaban J connectivity index is 1.41. The van der Waals surface area contributed by atoms with Gasteiger partial charge in [-0.05, 0) is 67.3 Å². The van der Waals surface area contributed by atoms with Crippen molar-refractivity contribution in [1.29, 1.82) is 0 Å². The first-order chi connectivity index (χ1) is 13.6. The molecule has 144 valence electrons. The summed E-state index contributed by atoms with van der Waals surface area (Å²) in [4.78, 5) is 17.1. The second-order valence-electron chi connectivity index (χ2n) is 7.79. The molecule has 3 aromatic rings. The van der Waals surface area contributed by atoms with Crippen LogP contribution in [0.3, 0.4) is 0 Å². The number of para-hydroxylation sites is 2. The smallest absolute Gasteiger partial charge is 0.227 e. The Bertz CT molecular complexity index is 974. The predicted octanol–water partition coefficient (Wildman–Crippen LogP) is 5.92. The maximum atomic E-state index is 13.8. The molecule has 1 aliphatic rings. The second-order valence-corrected chi connectivity index (χ2v) is 7.79. The van der Waals surface area contributed by atoms with E-state index in [2.05, 4.69) is 34.6 Å². The van der Waals surface area contributed by atoms with E-state index in [0.29, 0.717) is 11.8 Å². The van der Waals surface area contributed by atoms with Crippen LogP contribution in [0.5, 0.6) is 0 Å². The van der Waals surface area contributed by atoms with E-state index in [1.54, 1.807) is 18.2 Å². The molecule has 2 aromatic carbocycles. The summed E-state index contributed by atoms with van der Waals surface area (Å²) in [7, 11) is 0.